The SMILES string of the molecule is CC(C)(C)c1ncc(NC(=O)c2ccc3c(c2)NC(=O)CCS3)cn1. The van der Waals surface area contributed by atoms with Crippen LogP contribution >= 0.6 is 11.8 Å². The molecule has 0 unspecified atom stereocenters. The van der Waals surface area contributed by atoms with Gasteiger partial charge in [-0.3, -0.25) is 9.59 Å². The van der Waals surface area contributed by atoms with Crippen LogP contribution in [0.1, 0.15) is 43.4 Å². The maximum absolute atomic E-state index is 12.5. The van der Waals surface area contributed by atoms with Gasteiger partial charge in [-0.2, -0.15) is 0 Å². The lowest BCUT2D eigenvalue weighted by Gasteiger charge is -2.16. The minimum atomic E-state index is -0.265. The second-order valence-corrected chi connectivity index (χ2v) is 7.99. The van der Waals surface area contributed by atoms with Crippen LogP contribution in [0.4, 0.5) is 11.4 Å². The van der Waals surface area contributed by atoms with E-state index in [1.54, 1.807) is 36.3 Å². The Morgan fingerprint density at radius 3 is 2.64 bits per heavy atom. The number of hydrogen-bond acceptors (Lipinski definition) is 5. The second-order valence-electron chi connectivity index (χ2n) is 6.86. The van der Waals surface area contributed by atoms with Crippen molar-refractivity contribution in [2.45, 2.75) is 37.5 Å². The van der Waals surface area contributed by atoms with Gasteiger partial charge in [0.25, 0.3) is 5.91 Å². The predicted octanol–water partition coefficient (Wildman–Crippen LogP) is 3.46. The van der Waals surface area contributed by atoms with Crippen LogP contribution in [-0.4, -0.2) is 27.5 Å². The number of aromatic nitrogens is 2. The number of fused-ring (bicyclic) bond motifs is 1. The molecule has 2 aromatic rings. The van der Waals surface area contributed by atoms with Crippen molar-refractivity contribution in [3.8, 4) is 0 Å². The maximum atomic E-state index is 12.5. The Morgan fingerprint density at radius 1 is 1.24 bits per heavy atom. The Morgan fingerprint density at radius 2 is 1.96 bits per heavy atom. The molecule has 0 bridgehead atoms. The summed E-state index contributed by atoms with van der Waals surface area (Å²) in [6.45, 7) is 6.09. The molecule has 7 heteroatoms. The Balaban J connectivity index is 1.76. The summed E-state index contributed by atoms with van der Waals surface area (Å²) in [7, 11) is 0. The quantitative estimate of drug-likeness (QED) is 0.861. The van der Waals surface area contributed by atoms with E-state index in [-0.39, 0.29) is 17.2 Å². The van der Waals surface area contributed by atoms with Gasteiger partial charge in [0.15, 0.2) is 0 Å². The van der Waals surface area contributed by atoms with Gasteiger partial charge < -0.3 is 10.6 Å². The summed E-state index contributed by atoms with van der Waals surface area (Å²) in [6, 6.07) is 5.31. The Hall–Kier alpha value is -2.41. The van der Waals surface area contributed by atoms with E-state index < -0.39 is 0 Å². The van der Waals surface area contributed by atoms with Gasteiger partial charge in [-0.25, -0.2) is 9.97 Å². The highest BCUT2D eigenvalue weighted by Gasteiger charge is 2.18. The number of hydrogen-bond donors (Lipinski definition) is 2. The average Bonchev–Trinajstić information content (AvgIpc) is 2.74. The zero-order chi connectivity index (χ0) is 18.0. The first-order chi connectivity index (χ1) is 11.8. The fourth-order valence-corrected chi connectivity index (χ4v) is 3.28. The maximum Gasteiger partial charge on any atom is 0.255 e. The van der Waals surface area contributed by atoms with Gasteiger partial charge in [0.2, 0.25) is 5.91 Å². The second kappa shape index (κ2) is 6.84. The molecule has 2 amide bonds. The van der Waals surface area contributed by atoms with E-state index in [0.29, 0.717) is 23.4 Å². The molecule has 0 aliphatic carbocycles. The molecule has 0 fully saturated rings. The van der Waals surface area contributed by atoms with Gasteiger partial charge in [0.1, 0.15) is 5.82 Å². The molecule has 2 heterocycles. The molecule has 1 aromatic carbocycles. The molecule has 0 atom stereocenters. The summed E-state index contributed by atoms with van der Waals surface area (Å²) in [4.78, 5) is 33.7. The molecule has 0 radical (unpaired) electrons. The number of amides is 2. The molecule has 6 nitrogen and oxygen atoms in total. The summed E-state index contributed by atoms with van der Waals surface area (Å²) in [6.07, 6.45) is 3.68. The molecule has 25 heavy (non-hydrogen) atoms. The fourth-order valence-electron chi connectivity index (χ4n) is 2.34. The summed E-state index contributed by atoms with van der Waals surface area (Å²) >= 11 is 1.61. The highest BCUT2D eigenvalue weighted by Crippen LogP contribution is 2.31. The molecule has 0 spiro atoms. The highest BCUT2D eigenvalue weighted by molar-refractivity contribution is 7.99. The van der Waals surface area contributed by atoms with E-state index in [4.69, 9.17) is 0 Å². The number of nitrogens with zero attached hydrogens (tertiary/aromatic N) is 2. The lowest BCUT2D eigenvalue weighted by Crippen LogP contribution is -2.17. The van der Waals surface area contributed by atoms with Gasteiger partial charge in [0.05, 0.1) is 23.8 Å². The van der Waals surface area contributed by atoms with E-state index in [1.165, 1.54) is 0 Å². The van der Waals surface area contributed by atoms with Crippen LogP contribution in [0.2, 0.25) is 0 Å². The zero-order valence-corrected chi connectivity index (χ0v) is 15.2. The molecule has 2 N–H and O–H groups in total. The first-order valence-electron chi connectivity index (χ1n) is 8.03. The largest absolute Gasteiger partial charge is 0.325 e. The average molecular weight is 356 g/mol. The molecular weight excluding hydrogens is 336 g/mol. The molecule has 0 saturated heterocycles. The number of thioether (sulfide) groups is 1. The van der Waals surface area contributed by atoms with Crippen molar-refractivity contribution in [2.75, 3.05) is 16.4 Å². The van der Waals surface area contributed by atoms with Crippen molar-refractivity contribution < 1.29 is 9.59 Å². The Bertz CT molecular complexity index is 813. The first kappa shape index (κ1) is 17.4. The van der Waals surface area contributed by atoms with E-state index in [9.17, 15) is 9.59 Å². The van der Waals surface area contributed by atoms with Crippen molar-refractivity contribution >= 4 is 35.0 Å². The van der Waals surface area contributed by atoms with Crippen molar-refractivity contribution in [2.24, 2.45) is 0 Å². The summed E-state index contributed by atoms with van der Waals surface area (Å²) in [5, 5.41) is 5.63. The fraction of sp³-hybridized carbons (Fsp3) is 0.333. The lowest BCUT2D eigenvalue weighted by atomic mass is 9.96. The van der Waals surface area contributed by atoms with Crippen molar-refractivity contribution in [3.63, 3.8) is 0 Å². The van der Waals surface area contributed by atoms with E-state index in [2.05, 4.69) is 20.6 Å². The minimum absolute atomic E-state index is 0.0324. The predicted molar refractivity (Wildman–Crippen MR) is 99.1 cm³/mol. The van der Waals surface area contributed by atoms with Crippen LogP contribution in [0.5, 0.6) is 0 Å². The first-order valence-corrected chi connectivity index (χ1v) is 9.02. The van der Waals surface area contributed by atoms with E-state index >= 15 is 0 Å². The lowest BCUT2D eigenvalue weighted by molar-refractivity contribution is -0.115. The zero-order valence-electron chi connectivity index (χ0n) is 14.4. The summed E-state index contributed by atoms with van der Waals surface area (Å²) in [5.41, 5.74) is 1.54. The monoisotopic (exact) mass is 356 g/mol. The number of rotatable bonds is 2. The van der Waals surface area contributed by atoms with E-state index in [1.807, 2.05) is 26.8 Å². The number of anilines is 2. The Kier molecular flexibility index (Phi) is 4.76. The van der Waals surface area contributed by atoms with Crippen molar-refractivity contribution in [1.29, 1.82) is 0 Å². The van der Waals surface area contributed by atoms with Gasteiger partial charge in [-0.05, 0) is 18.2 Å². The highest BCUT2D eigenvalue weighted by atomic mass is 32.2. The molecular formula is C18H20N4O2S. The van der Waals surface area contributed by atoms with Crippen molar-refractivity contribution in [1.82, 2.24) is 9.97 Å². The third-order valence-electron chi connectivity index (χ3n) is 3.68. The van der Waals surface area contributed by atoms with Gasteiger partial charge >= 0.3 is 0 Å². The van der Waals surface area contributed by atoms with Gasteiger partial charge in [-0.15, -0.1) is 11.8 Å². The number of benzene rings is 1. The molecule has 1 aromatic heterocycles. The third kappa shape index (κ3) is 4.17. The minimum Gasteiger partial charge on any atom is -0.325 e. The molecule has 3 rings (SSSR count). The Labute approximate surface area is 150 Å². The van der Waals surface area contributed by atoms with Crippen LogP contribution in [0.25, 0.3) is 0 Å². The van der Waals surface area contributed by atoms with E-state index in [0.717, 1.165) is 16.5 Å². The molecule has 0 saturated carbocycles. The molecule has 1 aliphatic heterocycles. The van der Waals surface area contributed by atoms with Crippen LogP contribution in [0, 0.1) is 0 Å². The summed E-state index contributed by atoms with van der Waals surface area (Å²) in [5.74, 6) is 1.16. The van der Waals surface area contributed by atoms with Crippen LogP contribution in [0.3, 0.4) is 0 Å². The van der Waals surface area contributed by atoms with Crippen LogP contribution in [-0.2, 0) is 10.2 Å². The van der Waals surface area contributed by atoms with Crippen LogP contribution in [0.15, 0.2) is 35.5 Å². The van der Waals surface area contributed by atoms with Gasteiger partial charge in [0, 0.05) is 28.0 Å². The third-order valence-corrected chi connectivity index (χ3v) is 4.76. The normalized spacial score (nSPS) is 14.3. The van der Waals surface area contributed by atoms with Gasteiger partial charge in [-0.1, -0.05) is 20.8 Å². The molecule has 130 valence electrons. The van der Waals surface area contributed by atoms with Crippen LogP contribution < -0.4 is 10.6 Å². The number of carbonyl (C=O) groups excluding carboxylic acids is 2. The standard InChI is InChI=1S/C18H20N4O2S/c1-18(2,3)17-19-9-12(10-20-17)21-16(24)11-4-5-14-13(8-11)22-15(23)6-7-25-14/h4-5,8-10H,6-7H2,1-3H3,(H,21,24)(H,22,23). The number of nitrogens with one attached hydrogen (secondary N) is 2. The topological polar surface area (TPSA) is 84.0 Å². The summed E-state index contributed by atoms with van der Waals surface area (Å²) < 4.78 is 0. The number of carbonyl (C=O) groups is 2. The van der Waals surface area contributed by atoms with Crippen molar-refractivity contribution in [3.05, 3.63) is 42.0 Å². The smallest absolute Gasteiger partial charge is 0.255 e. The molecule has 1 aliphatic rings.